The van der Waals surface area contributed by atoms with Crippen LogP contribution in [0.15, 0.2) is 42.6 Å². The molecule has 0 spiro atoms. The molecular formula is C16H23N3. The highest BCUT2D eigenvalue weighted by molar-refractivity contribution is 5.29. The highest BCUT2D eigenvalue weighted by Crippen LogP contribution is 2.36. The molecule has 1 heterocycles. The Morgan fingerprint density at radius 2 is 1.89 bits per heavy atom. The predicted molar refractivity (Wildman–Crippen MR) is 79.1 cm³/mol. The molecule has 2 aromatic rings. The molecule has 0 saturated carbocycles. The van der Waals surface area contributed by atoms with Crippen molar-refractivity contribution in [2.75, 3.05) is 6.54 Å². The lowest BCUT2D eigenvalue weighted by Gasteiger charge is -2.35. The summed E-state index contributed by atoms with van der Waals surface area (Å²) in [4.78, 5) is 0. The molecule has 1 atom stereocenters. The van der Waals surface area contributed by atoms with Gasteiger partial charge in [0.25, 0.3) is 0 Å². The van der Waals surface area contributed by atoms with Gasteiger partial charge in [-0.15, -0.1) is 0 Å². The highest BCUT2D eigenvalue weighted by atomic mass is 15.3. The number of benzene rings is 1. The molecule has 2 rings (SSSR count). The van der Waals surface area contributed by atoms with Gasteiger partial charge >= 0.3 is 0 Å². The SMILES string of the molecule is CCNC(c1ccnn1C)C(C)(C)c1ccccc1. The van der Waals surface area contributed by atoms with E-state index >= 15 is 0 Å². The fourth-order valence-electron chi connectivity index (χ4n) is 2.64. The number of nitrogens with zero attached hydrogens (tertiary/aromatic N) is 2. The maximum atomic E-state index is 4.30. The van der Waals surface area contributed by atoms with Crippen molar-refractivity contribution in [2.24, 2.45) is 7.05 Å². The zero-order chi connectivity index (χ0) is 13.9. The van der Waals surface area contributed by atoms with Crippen molar-refractivity contribution < 1.29 is 0 Å². The number of hydrogen-bond donors (Lipinski definition) is 1. The Morgan fingerprint density at radius 3 is 2.42 bits per heavy atom. The fourth-order valence-corrected chi connectivity index (χ4v) is 2.64. The quantitative estimate of drug-likeness (QED) is 0.892. The minimum atomic E-state index is 0.00502. The fraction of sp³-hybridized carbons (Fsp3) is 0.438. The molecule has 0 bridgehead atoms. The molecule has 1 aromatic heterocycles. The molecule has 1 N–H and O–H groups in total. The van der Waals surface area contributed by atoms with Gasteiger partial charge in [0.1, 0.15) is 0 Å². The molecule has 3 heteroatoms. The summed E-state index contributed by atoms with van der Waals surface area (Å²) in [5.41, 5.74) is 2.56. The van der Waals surface area contributed by atoms with E-state index in [9.17, 15) is 0 Å². The maximum Gasteiger partial charge on any atom is 0.0584 e. The first-order valence-corrected chi connectivity index (χ1v) is 6.84. The lowest BCUT2D eigenvalue weighted by atomic mass is 9.76. The van der Waals surface area contributed by atoms with Crippen molar-refractivity contribution in [3.8, 4) is 0 Å². The summed E-state index contributed by atoms with van der Waals surface area (Å²) in [7, 11) is 2.00. The molecule has 1 aromatic carbocycles. The Kier molecular flexibility index (Phi) is 4.05. The summed E-state index contributed by atoms with van der Waals surface area (Å²) in [6.07, 6.45) is 1.86. The lowest BCUT2D eigenvalue weighted by Crippen LogP contribution is -2.38. The van der Waals surface area contributed by atoms with E-state index in [0.29, 0.717) is 0 Å². The van der Waals surface area contributed by atoms with Crippen LogP contribution < -0.4 is 5.32 Å². The summed E-state index contributed by atoms with van der Waals surface area (Å²) in [5.74, 6) is 0. The van der Waals surface area contributed by atoms with Crippen LogP contribution in [0.3, 0.4) is 0 Å². The van der Waals surface area contributed by atoms with E-state index in [-0.39, 0.29) is 11.5 Å². The van der Waals surface area contributed by atoms with E-state index in [4.69, 9.17) is 0 Å². The summed E-state index contributed by atoms with van der Waals surface area (Å²) in [5, 5.41) is 7.91. The van der Waals surface area contributed by atoms with Crippen LogP contribution in [-0.4, -0.2) is 16.3 Å². The number of nitrogens with one attached hydrogen (secondary N) is 1. The largest absolute Gasteiger partial charge is 0.308 e. The van der Waals surface area contributed by atoms with Crippen LogP contribution in [0.1, 0.15) is 38.1 Å². The first-order valence-electron chi connectivity index (χ1n) is 6.84. The Balaban J connectivity index is 2.41. The molecule has 3 nitrogen and oxygen atoms in total. The first kappa shape index (κ1) is 13.8. The Morgan fingerprint density at radius 1 is 1.21 bits per heavy atom. The molecule has 0 saturated heterocycles. The zero-order valence-corrected chi connectivity index (χ0v) is 12.2. The second-order valence-electron chi connectivity index (χ2n) is 5.46. The van der Waals surface area contributed by atoms with Crippen molar-refractivity contribution in [3.63, 3.8) is 0 Å². The van der Waals surface area contributed by atoms with Gasteiger partial charge in [-0.25, -0.2) is 0 Å². The van der Waals surface area contributed by atoms with E-state index in [1.807, 2.05) is 17.9 Å². The van der Waals surface area contributed by atoms with Gasteiger partial charge in [0.15, 0.2) is 0 Å². The van der Waals surface area contributed by atoms with Crippen molar-refractivity contribution in [2.45, 2.75) is 32.2 Å². The molecule has 0 aliphatic carbocycles. The van der Waals surface area contributed by atoms with Crippen molar-refractivity contribution in [1.29, 1.82) is 0 Å². The number of aromatic nitrogens is 2. The van der Waals surface area contributed by atoms with Gasteiger partial charge in [-0.2, -0.15) is 5.10 Å². The number of aryl methyl sites for hydroxylation is 1. The molecule has 0 aliphatic heterocycles. The van der Waals surface area contributed by atoms with Crippen LogP contribution in [0.4, 0.5) is 0 Å². The summed E-state index contributed by atoms with van der Waals surface area (Å²) in [6.45, 7) is 7.64. The zero-order valence-electron chi connectivity index (χ0n) is 12.2. The molecule has 19 heavy (non-hydrogen) atoms. The van der Waals surface area contributed by atoms with E-state index in [2.05, 4.69) is 67.6 Å². The first-order chi connectivity index (χ1) is 9.07. The minimum Gasteiger partial charge on any atom is -0.308 e. The van der Waals surface area contributed by atoms with Gasteiger partial charge in [-0.1, -0.05) is 51.1 Å². The van der Waals surface area contributed by atoms with Gasteiger partial charge in [-0.05, 0) is 18.2 Å². The predicted octanol–water partition coefficient (Wildman–Crippen LogP) is 3.05. The van der Waals surface area contributed by atoms with E-state index in [1.54, 1.807) is 0 Å². The Bertz CT molecular complexity index is 514. The Labute approximate surface area is 115 Å². The van der Waals surface area contributed by atoms with Gasteiger partial charge in [0.05, 0.1) is 11.7 Å². The van der Waals surface area contributed by atoms with E-state index < -0.39 is 0 Å². The van der Waals surface area contributed by atoms with E-state index in [1.165, 1.54) is 11.3 Å². The van der Waals surface area contributed by atoms with Crippen molar-refractivity contribution in [3.05, 3.63) is 53.9 Å². The lowest BCUT2D eigenvalue weighted by molar-refractivity contribution is 0.337. The average Bonchev–Trinajstić information content (AvgIpc) is 2.83. The molecule has 102 valence electrons. The van der Waals surface area contributed by atoms with Crippen molar-refractivity contribution >= 4 is 0 Å². The standard InChI is InChI=1S/C16H23N3/c1-5-17-15(14-11-12-18-19(14)4)16(2,3)13-9-7-6-8-10-13/h6-12,15,17H,5H2,1-4H3. The van der Waals surface area contributed by atoms with Crippen LogP contribution in [-0.2, 0) is 12.5 Å². The molecule has 0 fully saturated rings. The van der Waals surface area contributed by atoms with Gasteiger partial charge in [0, 0.05) is 18.7 Å². The summed E-state index contributed by atoms with van der Waals surface area (Å²) in [6, 6.07) is 13.0. The van der Waals surface area contributed by atoms with Gasteiger partial charge in [-0.3, -0.25) is 4.68 Å². The number of hydrogen-bond acceptors (Lipinski definition) is 2. The van der Waals surface area contributed by atoms with E-state index in [0.717, 1.165) is 6.54 Å². The minimum absolute atomic E-state index is 0.00502. The number of rotatable bonds is 5. The molecule has 0 aliphatic rings. The second-order valence-corrected chi connectivity index (χ2v) is 5.46. The highest BCUT2D eigenvalue weighted by Gasteiger charge is 2.33. The van der Waals surface area contributed by atoms with Crippen LogP contribution in [0, 0.1) is 0 Å². The smallest absolute Gasteiger partial charge is 0.0584 e. The topological polar surface area (TPSA) is 29.9 Å². The van der Waals surface area contributed by atoms with Gasteiger partial charge < -0.3 is 5.32 Å². The Hall–Kier alpha value is -1.61. The van der Waals surface area contributed by atoms with Crippen LogP contribution >= 0.6 is 0 Å². The molecule has 0 radical (unpaired) electrons. The van der Waals surface area contributed by atoms with Crippen molar-refractivity contribution in [1.82, 2.24) is 15.1 Å². The summed E-state index contributed by atoms with van der Waals surface area (Å²) < 4.78 is 1.96. The second kappa shape index (κ2) is 5.57. The third-order valence-electron chi connectivity index (χ3n) is 3.80. The monoisotopic (exact) mass is 257 g/mol. The molecule has 0 amide bonds. The van der Waals surface area contributed by atoms with Crippen LogP contribution in [0.25, 0.3) is 0 Å². The van der Waals surface area contributed by atoms with Gasteiger partial charge in [0.2, 0.25) is 0 Å². The molecule has 1 unspecified atom stereocenters. The van der Waals surface area contributed by atoms with Crippen LogP contribution in [0.2, 0.25) is 0 Å². The van der Waals surface area contributed by atoms with Crippen LogP contribution in [0.5, 0.6) is 0 Å². The third kappa shape index (κ3) is 2.71. The molecular weight excluding hydrogens is 234 g/mol. The summed E-state index contributed by atoms with van der Waals surface area (Å²) >= 11 is 0. The number of likely N-dealkylation sites (N-methyl/N-ethyl adjacent to an activating group) is 1. The third-order valence-corrected chi connectivity index (χ3v) is 3.80. The normalized spacial score (nSPS) is 13.5. The maximum absolute atomic E-state index is 4.30. The average molecular weight is 257 g/mol.